The van der Waals surface area contributed by atoms with Gasteiger partial charge in [-0.2, -0.15) is 0 Å². The normalized spacial score (nSPS) is 13.8. The number of fused-ring (bicyclic) bond motifs is 1. The molecule has 0 fully saturated rings. The molecule has 1 N–H and O–H groups in total. The molecule has 1 aliphatic rings. The van der Waals surface area contributed by atoms with Crippen molar-refractivity contribution in [2.45, 2.75) is 26.2 Å². The van der Waals surface area contributed by atoms with E-state index in [9.17, 15) is 14.7 Å². The van der Waals surface area contributed by atoms with Crippen molar-refractivity contribution in [2.24, 2.45) is 0 Å². The highest BCUT2D eigenvalue weighted by atomic mass is 16.3. The van der Waals surface area contributed by atoms with E-state index in [1.165, 1.54) is 0 Å². The van der Waals surface area contributed by atoms with Crippen molar-refractivity contribution < 1.29 is 14.7 Å². The van der Waals surface area contributed by atoms with Crippen LogP contribution in [0.4, 0.5) is 0 Å². The third kappa shape index (κ3) is 3.52. The number of Topliss-reactive ketones (excluding diaryl/α,β-unsaturated/α-hetero) is 2. The number of aliphatic hydroxyl groups is 1. The second-order valence-corrected chi connectivity index (χ2v) is 7.61. The molecule has 1 aliphatic carbocycles. The summed E-state index contributed by atoms with van der Waals surface area (Å²) in [5.74, 6) is -1.41. The predicted molar refractivity (Wildman–Crippen MR) is 114 cm³/mol. The zero-order chi connectivity index (χ0) is 20.5. The fourth-order valence-corrected chi connectivity index (χ4v) is 3.84. The Hall–Kier alpha value is -3.46. The van der Waals surface area contributed by atoms with Crippen molar-refractivity contribution in [1.82, 2.24) is 0 Å². The summed E-state index contributed by atoms with van der Waals surface area (Å²) >= 11 is 0. The van der Waals surface area contributed by atoms with Gasteiger partial charge in [-0.1, -0.05) is 83.9 Å². The van der Waals surface area contributed by atoms with Crippen LogP contribution in [0.1, 0.15) is 50.5 Å². The smallest absolute Gasteiger partial charge is 0.234 e. The summed E-state index contributed by atoms with van der Waals surface area (Å²) in [7, 11) is 0. The molecule has 0 atom stereocenters. The van der Waals surface area contributed by atoms with Crippen molar-refractivity contribution in [1.29, 1.82) is 0 Å². The number of rotatable bonds is 4. The monoisotopic (exact) mass is 382 g/mol. The summed E-state index contributed by atoms with van der Waals surface area (Å²) in [4.78, 5) is 25.5. The van der Waals surface area contributed by atoms with E-state index in [-0.39, 0.29) is 29.2 Å². The minimum Gasteiger partial charge on any atom is -0.507 e. The number of aryl methyl sites for hydroxylation is 2. The van der Waals surface area contributed by atoms with E-state index in [1.54, 1.807) is 24.3 Å². The third-order valence-corrected chi connectivity index (χ3v) is 5.56. The van der Waals surface area contributed by atoms with Crippen molar-refractivity contribution in [3.05, 3.63) is 112 Å². The topological polar surface area (TPSA) is 54.4 Å². The Balaban J connectivity index is 1.82. The molecular weight excluding hydrogens is 360 g/mol. The lowest BCUT2D eigenvalue weighted by Crippen LogP contribution is -2.25. The van der Waals surface area contributed by atoms with Gasteiger partial charge in [0.2, 0.25) is 11.6 Å². The Bertz CT molecular complexity index is 1070. The van der Waals surface area contributed by atoms with E-state index < -0.39 is 11.6 Å². The molecular formula is C26H22O3. The van der Waals surface area contributed by atoms with E-state index in [0.29, 0.717) is 5.56 Å². The molecule has 3 aromatic carbocycles. The highest BCUT2D eigenvalue weighted by Crippen LogP contribution is 2.37. The Morgan fingerprint density at radius 3 is 1.69 bits per heavy atom. The van der Waals surface area contributed by atoms with E-state index in [2.05, 4.69) is 0 Å². The Kier molecular flexibility index (Phi) is 4.89. The minimum absolute atomic E-state index is 0.0885. The Morgan fingerprint density at radius 2 is 1.17 bits per heavy atom. The largest absolute Gasteiger partial charge is 0.507 e. The summed E-state index contributed by atoms with van der Waals surface area (Å²) in [6.07, 6.45) is 0.261. The van der Waals surface area contributed by atoms with Gasteiger partial charge in [-0.05, 0) is 31.4 Å². The van der Waals surface area contributed by atoms with Crippen LogP contribution in [0.2, 0.25) is 0 Å². The molecule has 0 aromatic heterocycles. The molecule has 0 aliphatic heterocycles. The molecule has 144 valence electrons. The second-order valence-electron chi connectivity index (χ2n) is 7.61. The van der Waals surface area contributed by atoms with Crippen LogP contribution >= 0.6 is 0 Å². The van der Waals surface area contributed by atoms with Gasteiger partial charge in [0.05, 0.1) is 0 Å². The first kappa shape index (κ1) is 18.9. The predicted octanol–water partition coefficient (Wildman–Crippen LogP) is 5.56. The molecule has 3 heteroatoms. The number of aliphatic hydroxyl groups excluding tert-OH is 1. The number of hydrogen-bond acceptors (Lipinski definition) is 3. The molecule has 3 aromatic rings. The van der Waals surface area contributed by atoms with Crippen LogP contribution in [0.25, 0.3) is 5.76 Å². The van der Waals surface area contributed by atoms with E-state index in [0.717, 1.165) is 22.3 Å². The minimum atomic E-state index is -0.620. The van der Waals surface area contributed by atoms with Gasteiger partial charge in [0, 0.05) is 22.6 Å². The van der Waals surface area contributed by atoms with Crippen molar-refractivity contribution >= 4 is 17.3 Å². The maximum absolute atomic E-state index is 12.8. The number of allylic oxidation sites excluding steroid dienone is 1. The first-order valence-corrected chi connectivity index (χ1v) is 9.69. The summed E-state index contributed by atoms with van der Waals surface area (Å²) in [5.41, 5.74) is 5.25. The number of carbonyl (C=O) groups is 2. The maximum atomic E-state index is 12.8. The Morgan fingerprint density at radius 1 is 0.690 bits per heavy atom. The number of carbonyl (C=O) groups excluding carboxylic acids is 2. The fourth-order valence-electron chi connectivity index (χ4n) is 3.84. The van der Waals surface area contributed by atoms with Gasteiger partial charge in [-0.25, -0.2) is 0 Å². The van der Waals surface area contributed by atoms with Crippen LogP contribution < -0.4 is 0 Å². The molecule has 0 bridgehead atoms. The average molecular weight is 382 g/mol. The van der Waals surface area contributed by atoms with Crippen LogP contribution in [-0.2, 0) is 4.79 Å². The Labute approximate surface area is 170 Å². The number of hydrogen-bond donors (Lipinski definition) is 1. The molecule has 0 amide bonds. The van der Waals surface area contributed by atoms with Crippen molar-refractivity contribution in [2.75, 3.05) is 0 Å². The van der Waals surface area contributed by atoms with Gasteiger partial charge in [-0.3, -0.25) is 9.59 Å². The molecule has 3 nitrogen and oxygen atoms in total. The van der Waals surface area contributed by atoms with Crippen molar-refractivity contribution in [3.63, 3.8) is 0 Å². The zero-order valence-electron chi connectivity index (χ0n) is 16.5. The molecule has 0 heterocycles. The van der Waals surface area contributed by atoms with Crippen molar-refractivity contribution in [3.8, 4) is 0 Å². The highest BCUT2D eigenvalue weighted by Gasteiger charge is 2.34. The lowest BCUT2D eigenvalue weighted by molar-refractivity contribution is -0.112. The SMILES string of the molecule is Cc1ccc(C(CC2=C(O)c3ccccc3C(=O)C2=O)c2ccc(C)cc2)cc1. The van der Waals surface area contributed by atoms with Crippen LogP contribution in [0.5, 0.6) is 0 Å². The van der Waals surface area contributed by atoms with Gasteiger partial charge >= 0.3 is 0 Å². The first-order valence-electron chi connectivity index (χ1n) is 9.69. The van der Waals surface area contributed by atoms with E-state index in [1.807, 2.05) is 62.4 Å². The zero-order valence-corrected chi connectivity index (χ0v) is 16.5. The van der Waals surface area contributed by atoms with Gasteiger partial charge < -0.3 is 5.11 Å². The summed E-state index contributed by atoms with van der Waals surface area (Å²) in [6, 6.07) is 23.0. The molecule has 0 saturated heterocycles. The molecule has 0 spiro atoms. The average Bonchev–Trinajstić information content (AvgIpc) is 2.74. The van der Waals surface area contributed by atoms with Crippen LogP contribution in [0.15, 0.2) is 78.4 Å². The number of ketones is 2. The van der Waals surface area contributed by atoms with Gasteiger partial charge in [0.15, 0.2) is 0 Å². The third-order valence-electron chi connectivity index (χ3n) is 5.56. The van der Waals surface area contributed by atoms with E-state index >= 15 is 0 Å². The van der Waals surface area contributed by atoms with E-state index in [4.69, 9.17) is 0 Å². The molecule has 4 rings (SSSR count). The summed E-state index contributed by atoms with van der Waals surface area (Å²) in [6.45, 7) is 4.05. The highest BCUT2D eigenvalue weighted by molar-refractivity contribution is 6.52. The maximum Gasteiger partial charge on any atom is 0.234 e. The fraction of sp³-hybridized carbons (Fsp3) is 0.154. The standard InChI is InChI=1S/C26H22O3/c1-16-7-11-18(12-8-16)22(19-13-9-17(2)10-14-19)15-23-24(27)20-5-3-4-6-21(20)25(28)26(23)29/h3-14,22,27H,15H2,1-2H3. The molecule has 0 saturated carbocycles. The van der Waals surface area contributed by atoms with Crippen LogP contribution in [-0.4, -0.2) is 16.7 Å². The van der Waals surface area contributed by atoms with Crippen LogP contribution in [0.3, 0.4) is 0 Å². The molecule has 0 radical (unpaired) electrons. The van der Waals surface area contributed by atoms with Crippen LogP contribution in [0, 0.1) is 13.8 Å². The lowest BCUT2D eigenvalue weighted by atomic mass is 9.80. The molecule has 0 unspecified atom stereocenters. The molecule has 29 heavy (non-hydrogen) atoms. The second kappa shape index (κ2) is 7.51. The quantitative estimate of drug-likeness (QED) is 0.601. The number of benzene rings is 3. The lowest BCUT2D eigenvalue weighted by Gasteiger charge is -2.23. The van der Waals surface area contributed by atoms with Gasteiger partial charge in [0.25, 0.3) is 0 Å². The van der Waals surface area contributed by atoms with Gasteiger partial charge in [-0.15, -0.1) is 0 Å². The summed E-state index contributed by atoms with van der Waals surface area (Å²) < 4.78 is 0. The van der Waals surface area contributed by atoms with Gasteiger partial charge in [0.1, 0.15) is 5.76 Å². The first-order chi connectivity index (χ1) is 14.0. The summed E-state index contributed by atoms with van der Waals surface area (Å²) in [5, 5.41) is 10.8.